The fraction of sp³-hybridized carbons (Fsp3) is 0.833. The van der Waals surface area contributed by atoms with Gasteiger partial charge in [-0.1, -0.05) is 13.3 Å². The minimum absolute atomic E-state index is 0.0697. The van der Waals surface area contributed by atoms with E-state index in [1.165, 1.54) is 19.3 Å². The van der Waals surface area contributed by atoms with Gasteiger partial charge in [0.05, 0.1) is 5.92 Å². The number of carbonyl (C=O) groups excluding carboxylic acids is 1. The van der Waals surface area contributed by atoms with E-state index in [1.807, 2.05) is 0 Å². The lowest BCUT2D eigenvalue weighted by Gasteiger charge is -2.21. The zero-order valence-corrected chi connectivity index (χ0v) is 9.61. The molecular formula is C12H19NO3. The number of amides is 1. The van der Waals surface area contributed by atoms with Gasteiger partial charge in [0.25, 0.3) is 0 Å². The molecule has 1 amide bonds. The number of carbonyl (C=O) groups is 2. The van der Waals surface area contributed by atoms with Gasteiger partial charge in [-0.3, -0.25) is 9.59 Å². The molecule has 0 aromatic carbocycles. The zero-order valence-electron chi connectivity index (χ0n) is 9.61. The highest BCUT2D eigenvalue weighted by molar-refractivity contribution is 5.80. The fourth-order valence-corrected chi connectivity index (χ4v) is 3.04. The summed E-state index contributed by atoms with van der Waals surface area (Å²) in [6, 6.07) is 0. The Hall–Kier alpha value is -1.06. The lowest BCUT2D eigenvalue weighted by Crippen LogP contribution is -2.37. The first-order chi connectivity index (χ1) is 7.58. The molecule has 16 heavy (non-hydrogen) atoms. The number of aliphatic carboxylic acids is 1. The molecule has 2 N–H and O–H groups in total. The normalized spacial score (nSPS) is 33.7. The smallest absolute Gasteiger partial charge is 0.308 e. The Kier molecular flexibility index (Phi) is 3.17. The molecule has 2 bridgehead atoms. The van der Waals surface area contributed by atoms with Crippen LogP contribution in [0.1, 0.15) is 32.6 Å². The van der Waals surface area contributed by atoms with Gasteiger partial charge in [-0.2, -0.15) is 0 Å². The van der Waals surface area contributed by atoms with Gasteiger partial charge in [-0.15, -0.1) is 0 Å². The molecule has 90 valence electrons. The van der Waals surface area contributed by atoms with Crippen molar-refractivity contribution < 1.29 is 14.7 Å². The number of fused-ring (bicyclic) bond motifs is 2. The van der Waals surface area contributed by atoms with E-state index in [2.05, 4.69) is 5.32 Å². The predicted octanol–water partition coefficient (Wildman–Crippen LogP) is 1.26. The van der Waals surface area contributed by atoms with Crippen molar-refractivity contribution in [1.82, 2.24) is 5.32 Å². The van der Waals surface area contributed by atoms with Crippen LogP contribution in [0.5, 0.6) is 0 Å². The lowest BCUT2D eigenvalue weighted by molar-refractivity contribution is -0.141. The number of carboxylic acid groups (broad SMARTS) is 1. The summed E-state index contributed by atoms with van der Waals surface area (Å²) in [6.07, 6.45) is 4.67. The topological polar surface area (TPSA) is 66.4 Å². The Balaban J connectivity index is 1.78. The molecule has 0 radical (unpaired) electrons. The van der Waals surface area contributed by atoms with Crippen molar-refractivity contribution in [3.63, 3.8) is 0 Å². The molecule has 0 heterocycles. The SMILES string of the molecule is CC(CNC(=O)C1CC2CCC1C2)C(=O)O. The van der Waals surface area contributed by atoms with Crippen LogP contribution in [0.2, 0.25) is 0 Å². The van der Waals surface area contributed by atoms with Gasteiger partial charge in [-0.05, 0) is 31.1 Å². The van der Waals surface area contributed by atoms with Crippen LogP contribution in [-0.2, 0) is 9.59 Å². The third-order valence-electron chi connectivity index (χ3n) is 4.08. The van der Waals surface area contributed by atoms with Crippen LogP contribution in [0.3, 0.4) is 0 Å². The van der Waals surface area contributed by atoms with E-state index in [0.717, 1.165) is 12.3 Å². The first kappa shape index (κ1) is 11.4. The molecule has 0 aromatic heterocycles. The summed E-state index contributed by atoms with van der Waals surface area (Å²) >= 11 is 0. The minimum atomic E-state index is -0.853. The average Bonchev–Trinajstić information content (AvgIpc) is 2.86. The summed E-state index contributed by atoms with van der Waals surface area (Å²) in [5.41, 5.74) is 0. The minimum Gasteiger partial charge on any atom is -0.481 e. The third kappa shape index (κ3) is 2.20. The van der Waals surface area contributed by atoms with Gasteiger partial charge in [0.2, 0.25) is 5.91 Å². The Labute approximate surface area is 95.4 Å². The molecule has 4 atom stereocenters. The quantitative estimate of drug-likeness (QED) is 0.757. The van der Waals surface area contributed by atoms with Crippen molar-refractivity contribution in [1.29, 1.82) is 0 Å². The Bertz CT molecular complexity index is 303. The number of hydrogen-bond acceptors (Lipinski definition) is 2. The molecule has 2 fully saturated rings. The van der Waals surface area contributed by atoms with Crippen LogP contribution in [0.15, 0.2) is 0 Å². The maximum absolute atomic E-state index is 11.9. The summed E-state index contributed by atoms with van der Waals surface area (Å²) in [5, 5.41) is 11.5. The van der Waals surface area contributed by atoms with Crippen LogP contribution in [0.4, 0.5) is 0 Å². The molecule has 4 nitrogen and oxygen atoms in total. The van der Waals surface area contributed by atoms with Crippen LogP contribution in [-0.4, -0.2) is 23.5 Å². The number of hydrogen-bond donors (Lipinski definition) is 2. The van der Waals surface area contributed by atoms with Crippen molar-refractivity contribution in [2.75, 3.05) is 6.54 Å². The molecule has 2 aliphatic rings. The van der Waals surface area contributed by atoms with Gasteiger partial charge in [-0.25, -0.2) is 0 Å². The van der Waals surface area contributed by atoms with Gasteiger partial charge in [0.1, 0.15) is 0 Å². The monoisotopic (exact) mass is 225 g/mol. The highest BCUT2D eigenvalue weighted by atomic mass is 16.4. The number of rotatable bonds is 4. The second kappa shape index (κ2) is 4.44. The highest BCUT2D eigenvalue weighted by Crippen LogP contribution is 2.48. The Morgan fingerprint density at radius 3 is 2.62 bits per heavy atom. The molecular weight excluding hydrogens is 206 g/mol. The van der Waals surface area contributed by atoms with Crippen LogP contribution < -0.4 is 5.32 Å². The van der Waals surface area contributed by atoms with Crippen molar-refractivity contribution in [2.24, 2.45) is 23.7 Å². The molecule has 0 saturated heterocycles. The lowest BCUT2D eigenvalue weighted by atomic mass is 9.88. The van der Waals surface area contributed by atoms with Gasteiger partial charge >= 0.3 is 5.97 Å². The Morgan fingerprint density at radius 1 is 1.38 bits per heavy atom. The highest BCUT2D eigenvalue weighted by Gasteiger charge is 2.42. The fourth-order valence-electron chi connectivity index (χ4n) is 3.04. The molecule has 2 saturated carbocycles. The molecule has 2 aliphatic carbocycles. The first-order valence-corrected chi connectivity index (χ1v) is 6.08. The van der Waals surface area contributed by atoms with Crippen LogP contribution >= 0.6 is 0 Å². The van der Waals surface area contributed by atoms with E-state index in [-0.39, 0.29) is 18.4 Å². The van der Waals surface area contributed by atoms with E-state index in [1.54, 1.807) is 6.92 Å². The number of carboxylic acids is 1. The number of nitrogens with one attached hydrogen (secondary N) is 1. The zero-order chi connectivity index (χ0) is 11.7. The third-order valence-corrected chi connectivity index (χ3v) is 4.08. The molecule has 4 unspecified atom stereocenters. The second-order valence-corrected chi connectivity index (χ2v) is 5.27. The van der Waals surface area contributed by atoms with Crippen LogP contribution in [0.25, 0.3) is 0 Å². The van der Waals surface area contributed by atoms with Gasteiger partial charge in [0, 0.05) is 12.5 Å². The van der Waals surface area contributed by atoms with Crippen molar-refractivity contribution >= 4 is 11.9 Å². The molecule has 4 heteroatoms. The van der Waals surface area contributed by atoms with Gasteiger partial charge in [0.15, 0.2) is 0 Å². The predicted molar refractivity (Wildman–Crippen MR) is 58.7 cm³/mol. The van der Waals surface area contributed by atoms with Crippen molar-refractivity contribution in [3.05, 3.63) is 0 Å². The van der Waals surface area contributed by atoms with Crippen LogP contribution in [0, 0.1) is 23.7 Å². The van der Waals surface area contributed by atoms with Gasteiger partial charge < -0.3 is 10.4 Å². The molecule has 0 aliphatic heterocycles. The standard InChI is InChI=1S/C12H19NO3/c1-7(12(15)16)6-13-11(14)10-5-8-2-3-9(10)4-8/h7-10H,2-6H2,1H3,(H,13,14)(H,15,16). The molecule has 2 rings (SSSR count). The van der Waals surface area contributed by atoms with Crippen molar-refractivity contribution in [2.45, 2.75) is 32.6 Å². The summed E-state index contributed by atoms with van der Waals surface area (Å²) in [5.74, 6) is 0.179. The van der Waals surface area contributed by atoms with E-state index < -0.39 is 11.9 Å². The van der Waals surface area contributed by atoms with E-state index in [4.69, 9.17) is 5.11 Å². The maximum atomic E-state index is 11.9. The molecule has 0 aromatic rings. The first-order valence-electron chi connectivity index (χ1n) is 6.08. The summed E-state index contributed by atoms with van der Waals surface area (Å²) in [4.78, 5) is 22.5. The summed E-state index contributed by atoms with van der Waals surface area (Å²) < 4.78 is 0. The maximum Gasteiger partial charge on any atom is 0.308 e. The summed E-state index contributed by atoms with van der Waals surface area (Å²) in [6.45, 7) is 1.87. The Morgan fingerprint density at radius 2 is 2.12 bits per heavy atom. The molecule has 0 spiro atoms. The van der Waals surface area contributed by atoms with E-state index in [0.29, 0.717) is 5.92 Å². The van der Waals surface area contributed by atoms with E-state index >= 15 is 0 Å². The second-order valence-electron chi connectivity index (χ2n) is 5.27. The van der Waals surface area contributed by atoms with E-state index in [9.17, 15) is 9.59 Å². The van der Waals surface area contributed by atoms with Crippen molar-refractivity contribution in [3.8, 4) is 0 Å². The average molecular weight is 225 g/mol. The summed E-state index contributed by atoms with van der Waals surface area (Å²) in [7, 11) is 0. The largest absolute Gasteiger partial charge is 0.481 e.